The Bertz CT molecular complexity index is 716. The van der Waals surface area contributed by atoms with E-state index in [1.807, 2.05) is 10.8 Å². The number of nitrogens with one attached hydrogen (secondary N) is 2. The second kappa shape index (κ2) is 11.4. The summed E-state index contributed by atoms with van der Waals surface area (Å²) in [5, 5.41) is 6.45. The molecule has 0 aliphatic carbocycles. The Balaban J connectivity index is 0.00000338. The van der Waals surface area contributed by atoms with E-state index >= 15 is 0 Å². The van der Waals surface area contributed by atoms with Gasteiger partial charge in [0.1, 0.15) is 5.75 Å². The fraction of sp³-hybridized carbons (Fsp3) is 0.333. The van der Waals surface area contributed by atoms with Gasteiger partial charge in [0.25, 0.3) is 0 Å². The van der Waals surface area contributed by atoms with Crippen LogP contribution in [0.1, 0.15) is 5.56 Å². The highest BCUT2D eigenvalue weighted by atomic mass is 127. The first kappa shape index (κ1) is 22.7. The monoisotopic (exact) mass is 519 g/mol. The van der Waals surface area contributed by atoms with Crippen LogP contribution in [0.3, 0.4) is 0 Å². The Morgan fingerprint density at radius 3 is 2.73 bits per heavy atom. The minimum Gasteiger partial charge on any atom is -0.433 e. The number of alkyl halides is 2. The molecule has 0 bridgehead atoms. The summed E-state index contributed by atoms with van der Waals surface area (Å²) in [7, 11) is 1.61. The van der Waals surface area contributed by atoms with Crippen LogP contribution >= 0.6 is 47.2 Å². The molecule has 2 rings (SSSR count). The van der Waals surface area contributed by atoms with Gasteiger partial charge in [0.2, 0.25) is 0 Å². The molecule has 0 amide bonds. The Labute approximate surface area is 177 Å². The van der Waals surface area contributed by atoms with Gasteiger partial charge < -0.3 is 19.9 Å². The highest BCUT2D eigenvalue weighted by molar-refractivity contribution is 14.0. The molecule has 0 aliphatic heterocycles. The van der Waals surface area contributed by atoms with Crippen molar-refractivity contribution >= 4 is 53.1 Å². The summed E-state index contributed by atoms with van der Waals surface area (Å²) in [6, 6.07) is 2.86. The average molecular weight is 520 g/mol. The summed E-state index contributed by atoms with van der Waals surface area (Å²) < 4.78 is 31.5. The molecule has 1 heterocycles. The van der Waals surface area contributed by atoms with E-state index in [1.54, 1.807) is 19.6 Å². The predicted octanol–water partition coefficient (Wildman–Crippen LogP) is 3.77. The fourth-order valence-corrected chi connectivity index (χ4v) is 2.67. The molecule has 26 heavy (non-hydrogen) atoms. The van der Waals surface area contributed by atoms with Crippen LogP contribution in [0.25, 0.3) is 0 Å². The van der Waals surface area contributed by atoms with E-state index in [0.29, 0.717) is 29.6 Å². The average Bonchev–Trinajstić information content (AvgIpc) is 3.06. The highest BCUT2D eigenvalue weighted by Crippen LogP contribution is 2.33. The summed E-state index contributed by atoms with van der Waals surface area (Å²) in [5.41, 5.74) is 0.398. The largest absolute Gasteiger partial charge is 0.433 e. The number of hydrogen-bond acceptors (Lipinski definition) is 3. The van der Waals surface area contributed by atoms with Crippen molar-refractivity contribution < 1.29 is 13.5 Å². The zero-order valence-electron chi connectivity index (χ0n) is 13.8. The molecule has 6 nitrogen and oxygen atoms in total. The Morgan fingerprint density at radius 1 is 1.35 bits per heavy atom. The third-order valence-electron chi connectivity index (χ3n) is 3.18. The summed E-state index contributed by atoms with van der Waals surface area (Å²) in [6.07, 6.45) is 5.25. The molecule has 0 radical (unpaired) electrons. The van der Waals surface area contributed by atoms with Crippen molar-refractivity contribution in [1.82, 2.24) is 20.2 Å². The van der Waals surface area contributed by atoms with Crippen molar-refractivity contribution in [3.63, 3.8) is 0 Å². The van der Waals surface area contributed by atoms with E-state index in [4.69, 9.17) is 23.2 Å². The van der Waals surface area contributed by atoms with Gasteiger partial charge in [-0.2, -0.15) is 8.78 Å². The number of aromatic nitrogens is 2. The number of nitrogens with zero attached hydrogens (tertiary/aromatic N) is 3. The van der Waals surface area contributed by atoms with Crippen LogP contribution in [-0.2, 0) is 13.1 Å². The number of imidazole rings is 1. The Kier molecular flexibility index (Phi) is 9.96. The van der Waals surface area contributed by atoms with Gasteiger partial charge in [0.15, 0.2) is 5.96 Å². The highest BCUT2D eigenvalue weighted by Gasteiger charge is 2.15. The van der Waals surface area contributed by atoms with Gasteiger partial charge in [-0.05, 0) is 12.1 Å². The van der Waals surface area contributed by atoms with E-state index in [0.717, 1.165) is 0 Å². The third-order valence-corrected chi connectivity index (χ3v) is 3.68. The van der Waals surface area contributed by atoms with Crippen LogP contribution in [0, 0.1) is 0 Å². The fourth-order valence-electron chi connectivity index (χ4n) is 2.09. The second-order valence-electron chi connectivity index (χ2n) is 4.91. The van der Waals surface area contributed by atoms with Crippen molar-refractivity contribution in [3.8, 4) is 5.75 Å². The topological polar surface area (TPSA) is 63.5 Å². The lowest BCUT2D eigenvalue weighted by Crippen LogP contribution is -2.38. The normalized spacial score (nSPS) is 11.2. The predicted molar refractivity (Wildman–Crippen MR) is 109 cm³/mol. The summed E-state index contributed by atoms with van der Waals surface area (Å²) in [5.74, 6) is 0.390. The van der Waals surface area contributed by atoms with Crippen LogP contribution < -0.4 is 15.4 Å². The van der Waals surface area contributed by atoms with Crippen molar-refractivity contribution in [2.45, 2.75) is 19.7 Å². The summed E-state index contributed by atoms with van der Waals surface area (Å²) >= 11 is 11.9. The van der Waals surface area contributed by atoms with Gasteiger partial charge in [-0.3, -0.25) is 4.99 Å². The minimum atomic E-state index is -2.98. The van der Waals surface area contributed by atoms with E-state index in [-0.39, 0.29) is 41.3 Å². The van der Waals surface area contributed by atoms with Crippen LogP contribution in [0.2, 0.25) is 10.0 Å². The third kappa shape index (κ3) is 7.12. The molecule has 0 saturated carbocycles. The first-order chi connectivity index (χ1) is 12.0. The molecule has 11 heteroatoms. The lowest BCUT2D eigenvalue weighted by Gasteiger charge is -2.16. The van der Waals surface area contributed by atoms with Crippen LogP contribution in [0.5, 0.6) is 5.75 Å². The second-order valence-corrected chi connectivity index (χ2v) is 5.75. The van der Waals surface area contributed by atoms with E-state index < -0.39 is 6.61 Å². The maximum atomic E-state index is 12.6. The van der Waals surface area contributed by atoms with Crippen LogP contribution in [0.4, 0.5) is 8.78 Å². The molecule has 2 aromatic rings. The zero-order chi connectivity index (χ0) is 18.2. The first-order valence-corrected chi connectivity index (χ1v) is 8.08. The van der Waals surface area contributed by atoms with Crippen LogP contribution in [0.15, 0.2) is 35.8 Å². The Morgan fingerprint density at radius 2 is 2.12 bits per heavy atom. The molecular formula is C15H18Cl2F2IN5O. The van der Waals surface area contributed by atoms with Gasteiger partial charge in [-0.15, -0.1) is 24.0 Å². The molecule has 0 aliphatic rings. The smallest absolute Gasteiger partial charge is 0.387 e. The van der Waals surface area contributed by atoms with Gasteiger partial charge in [0.05, 0.1) is 11.3 Å². The standard InChI is InChI=1S/C15H17Cl2F2N5O.HI/c1-20-15(22-3-5-24-4-2-21-9-24)23-8-10-6-11(16)7-12(17)13(10)25-14(18)19;/h2,4,6-7,9,14H,3,5,8H2,1H3,(H2,20,22,23);1H. The maximum Gasteiger partial charge on any atom is 0.387 e. The molecule has 1 aromatic heterocycles. The molecule has 0 saturated heterocycles. The van der Waals surface area contributed by atoms with Gasteiger partial charge in [-0.25, -0.2) is 4.98 Å². The summed E-state index contributed by atoms with van der Waals surface area (Å²) in [6.45, 7) is -1.52. The quantitative estimate of drug-likeness (QED) is 0.332. The number of halogens is 5. The number of ether oxygens (including phenoxy) is 1. The molecular weight excluding hydrogens is 502 g/mol. The number of benzene rings is 1. The molecule has 0 unspecified atom stereocenters. The van der Waals surface area contributed by atoms with Crippen molar-refractivity contribution in [3.05, 3.63) is 46.5 Å². The summed E-state index contributed by atoms with van der Waals surface area (Å²) in [4.78, 5) is 8.03. The van der Waals surface area contributed by atoms with Crippen LogP contribution in [-0.4, -0.2) is 35.7 Å². The lowest BCUT2D eigenvalue weighted by molar-refractivity contribution is -0.0504. The Hall–Kier alpha value is -1.33. The zero-order valence-corrected chi connectivity index (χ0v) is 17.6. The van der Waals surface area contributed by atoms with Crippen molar-refractivity contribution in [1.29, 1.82) is 0 Å². The van der Waals surface area contributed by atoms with Gasteiger partial charge in [0, 0.05) is 49.7 Å². The first-order valence-electron chi connectivity index (χ1n) is 7.32. The van der Waals surface area contributed by atoms with E-state index in [9.17, 15) is 8.78 Å². The van der Waals surface area contributed by atoms with Gasteiger partial charge >= 0.3 is 6.61 Å². The number of guanidine groups is 1. The maximum absolute atomic E-state index is 12.6. The SMILES string of the molecule is CN=C(NCCn1ccnc1)NCc1cc(Cl)cc(Cl)c1OC(F)F.I. The van der Waals surface area contributed by atoms with E-state index in [1.165, 1.54) is 12.1 Å². The molecule has 0 spiro atoms. The van der Waals surface area contributed by atoms with Crippen molar-refractivity contribution in [2.24, 2.45) is 4.99 Å². The molecule has 0 atom stereocenters. The number of rotatable bonds is 7. The molecule has 0 fully saturated rings. The molecule has 1 aromatic carbocycles. The molecule has 2 N–H and O–H groups in total. The minimum absolute atomic E-state index is 0. The van der Waals surface area contributed by atoms with E-state index in [2.05, 4.69) is 25.3 Å². The lowest BCUT2D eigenvalue weighted by atomic mass is 10.2. The number of aliphatic imine (C=N–C) groups is 1. The molecule has 144 valence electrons. The number of hydrogen-bond donors (Lipinski definition) is 2. The van der Waals surface area contributed by atoms with Crippen molar-refractivity contribution in [2.75, 3.05) is 13.6 Å². The van der Waals surface area contributed by atoms with Gasteiger partial charge in [-0.1, -0.05) is 23.2 Å².